The third kappa shape index (κ3) is 4.12. The van der Waals surface area contributed by atoms with Crippen LogP contribution in [0.4, 0.5) is 24.9 Å². The molecule has 0 amide bonds. The predicted molar refractivity (Wildman–Crippen MR) is 123 cm³/mol. The lowest BCUT2D eigenvalue weighted by molar-refractivity contribution is 0.588. The van der Waals surface area contributed by atoms with Crippen LogP contribution in [0.5, 0.6) is 0 Å². The van der Waals surface area contributed by atoms with Crippen molar-refractivity contribution in [3.63, 3.8) is 0 Å². The van der Waals surface area contributed by atoms with Gasteiger partial charge in [-0.05, 0) is 42.1 Å². The molecule has 0 saturated carbocycles. The van der Waals surface area contributed by atoms with Gasteiger partial charge in [-0.2, -0.15) is 4.98 Å². The molecule has 0 aliphatic heterocycles. The average molecular weight is 466 g/mol. The number of nitrogens with two attached hydrogens (primary N) is 1. The zero-order valence-corrected chi connectivity index (χ0v) is 17.9. The summed E-state index contributed by atoms with van der Waals surface area (Å²) in [7, 11) is 0. The number of benzene rings is 2. The van der Waals surface area contributed by atoms with Crippen LogP contribution in [0.15, 0.2) is 60.0 Å². The van der Waals surface area contributed by atoms with E-state index in [0.29, 0.717) is 23.2 Å². The van der Waals surface area contributed by atoms with Gasteiger partial charge in [0.15, 0.2) is 5.65 Å². The molecule has 5 rings (SSSR count). The molecule has 0 saturated heterocycles. The number of thiophene rings is 1. The van der Waals surface area contributed by atoms with Crippen molar-refractivity contribution < 1.29 is 13.2 Å². The number of halogens is 3. The number of fused-ring (bicyclic) bond motifs is 1. The van der Waals surface area contributed by atoms with Gasteiger partial charge in [-0.15, -0.1) is 16.4 Å². The van der Waals surface area contributed by atoms with E-state index in [4.69, 9.17) is 5.73 Å². The first-order valence-electron chi connectivity index (χ1n) is 10.0. The molecular formula is C23H17F3N6S. The van der Waals surface area contributed by atoms with Gasteiger partial charge in [0.1, 0.15) is 29.0 Å². The number of hydrogen-bond donors (Lipinski definition) is 2. The van der Waals surface area contributed by atoms with Crippen LogP contribution in [0.1, 0.15) is 4.88 Å². The van der Waals surface area contributed by atoms with Gasteiger partial charge in [-0.1, -0.05) is 18.2 Å². The van der Waals surface area contributed by atoms with Crippen LogP contribution in [0.25, 0.3) is 28.0 Å². The van der Waals surface area contributed by atoms with Crippen LogP contribution in [-0.4, -0.2) is 26.3 Å². The monoisotopic (exact) mass is 466 g/mol. The van der Waals surface area contributed by atoms with Crippen LogP contribution in [0.3, 0.4) is 0 Å². The summed E-state index contributed by atoms with van der Waals surface area (Å²) in [5, 5.41) is 9.78. The van der Waals surface area contributed by atoms with E-state index in [9.17, 15) is 13.2 Å². The number of nitrogen functional groups attached to an aromatic ring is 1. The molecule has 0 unspecified atom stereocenters. The van der Waals surface area contributed by atoms with Crippen molar-refractivity contribution in [3.05, 3.63) is 82.3 Å². The maximum atomic E-state index is 14.4. The Morgan fingerprint density at radius 2 is 1.82 bits per heavy atom. The van der Waals surface area contributed by atoms with E-state index >= 15 is 0 Å². The number of nitrogens with one attached hydrogen (secondary N) is 1. The normalized spacial score (nSPS) is 11.2. The van der Waals surface area contributed by atoms with Crippen LogP contribution >= 0.6 is 11.3 Å². The van der Waals surface area contributed by atoms with Crippen molar-refractivity contribution in [1.82, 2.24) is 19.7 Å². The van der Waals surface area contributed by atoms with Crippen molar-refractivity contribution >= 4 is 34.1 Å². The van der Waals surface area contributed by atoms with Gasteiger partial charge in [-0.3, -0.25) is 0 Å². The van der Waals surface area contributed by atoms with E-state index in [1.165, 1.54) is 17.0 Å². The van der Waals surface area contributed by atoms with Gasteiger partial charge >= 0.3 is 0 Å². The highest BCUT2D eigenvalue weighted by atomic mass is 32.1. The minimum atomic E-state index is -0.703. The van der Waals surface area contributed by atoms with Gasteiger partial charge in [0, 0.05) is 23.1 Å². The van der Waals surface area contributed by atoms with E-state index in [1.54, 1.807) is 23.5 Å². The molecule has 33 heavy (non-hydrogen) atoms. The first-order valence-corrected chi connectivity index (χ1v) is 10.9. The van der Waals surface area contributed by atoms with E-state index in [0.717, 1.165) is 29.3 Å². The second-order valence-electron chi connectivity index (χ2n) is 7.25. The topological polar surface area (TPSA) is 81.7 Å². The fourth-order valence-electron chi connectivity index (χ4n) is 3.52. The van der Waals surface area contributed by atoms with Crippen LogP contribution in [-0.2, 0) is 6.42 Å². The quantitative estimate of drug-likeness (QED) is 0.360. The van der Waals surface area contributed by atoms with E-state index in [-0.39, 0.29) is 23.1 Å². The van der Waals surface area contributed by atoms with E-state index in [1.807, 2.05) is 17.5 Å². The summed E-state index contributed by atoms with van der Waals surface area (Å²) in [5.41, 5.74) is 7.09. The molecule has 0 radical (unpaired) electrons. The predicted octanol–water partition coefficient (Wildman–Crippen LogP) is 5.20. The van der Waals surface area contributed by atoms with Gasteiger partial charge < -0.3 is 11.1 Å². The zero-order valence-electron chi connectivity index (χ0n) is 17.1. The minimum absolute atomic E-state index is 0.0129. The summed E-state index contributed by atoms with van der Waals surface area (Å²) in [6, 6.07) is 12.9. The first-order chi connectivity index (χ1) is 16.0. The molecule has 3 N–H and O–H groups in total. The lowest BCUT2D eigenvalue weighted by Crippen LogP contribution is -2.08. The maximum absolute atomic E-state index is 14.4. The smallest absolute Gasteiger partial charge is 0.225 e. The second-order valence-corrected chi connectivity index (χ2v) is 8.29. The molecule has 0 aliphatic carbocycles. The molecule has 6 nitrogen and oxygen atoms in total. The minimum Gasteiger partial charge on any atom is -0.383 e. The Morgan fingerprint density at radius 1 is 0.970 bits per heavy atom. The summed E-state index contributed by atoms with van der Waals surface area (Å²) < 4.78 is 43.3. The number of nitrogens with zero attached hydrogens (tertiary/aromatic N) is 4. The first kappa shape index (κ1) is 21.0. The van der Waals surface area contributed by atoms with Gasteiger partial charge in [0.05, 0.1) is 11.1 Å². The summed E-state index contributed by atoms with van der Waals surface area (Å²) >= 11 is 1.65. The summed E-state index contributed by atoms with van der Waals surface area (Å²) in [6.45, 7) is 0.559. The molecule has 5 aromatic rings. The number of anilines is 2. The summed E-state index contributed by atoms with van der Waals surface area (Å²) in [6.07, 6.45) is 0.763. The Labute approximate surface area is 190 Å². The van der Waals surface area contributed by atoms with Crippen molar-refractivity contribution in [2.75, 3.05) is 17.6 Å². The van der Waals surface area contributed by atoms with Crippen molar-refractivity contribution in [2.45, 2.75) is 6.42 Å². The highest BCUT2D eigenvalue weighted by molar-refractivity contribution is 7.09. The SMILES string of the molecule is Nc1c2c(-c3cccc(F)c3)nc(NCCc3cccs3)nc2nn1-c1cc(F)ccc1F. The molecule has 0 aliphatic rings. The molecule has 0 bridgehead atoms. The van der Waals surface area contributed by atoms with Crippen molar-refractivity contribution in [3.8, 4) is 16.9 Å². The van der Waals surface area contributed by atoms with Gasteiger partial charge in [-0.25, -0.2) is 22.8 Å². The standard InChI is InChI=1S/C23H17F3N6S/c24-14-4-1-3-13(11-14)20-19-21(27)32(18-12-15(25)6-7-17(18)26)31-22(19)30-23(29-20)28-9-8-16-5-2-10-33-16/h1-7,10-12H,8-9,27H2,(H,28,30,31). The van der Waals surface area contributed by atoms with E-state index < -0.39 is 17.5 Å². The van der Waals surface area contributed by atoms with E-state index in [2.05, 4.69) is 20.4 Å². The van der Waals surface area contributed by atoms with Crippen LogP contribution in [0.2, 0.25) is 0 Å². The number of rotatable bonds is 6. The van der Waals surface area contributed by atoms with Gasteiger partial charge in [0.2, 0.25) is 5.95 Å². The molecule has 3 aromatic heterocycles. The molecule has 3 heterocycles. The highest BCUT2D eigenvalue weighted by Crippen LogP contribution is 2.33. The molecule has 10 heteroatoms. The molecule has 0 fully saturated rings. The fraction of sp³-hybridized carbons (Fsp3) is 0.0870. The lowest BCUT2D eigenvalue weighted by atomic mass is 10.1. The molecule has 166 valence electrons. The molecular weight excluding hydrogens is 449 g/mol. The number of hydrogen-bond acceptors (Lipinski definition) is 6. The second kappa shape index (κ2) is 8.55. The van der Waals surface area contributed by atoms with Crippen molar-refractivity contribution in [1.29, 1.82) is 0 Å². The summed E-state index contributed by atoms with van der Waals surface area (Å²) in [4.78, 5) is 10.2. The third-order valence-electron chi connectivity index (χ3n) is 5.04. The maximum Gasteiger partial charge on any atom is 0.225 e. The van der Waals surface area contributed by atoms with Gasteiger partial charge in [0.25, 0.3) is 0 Å². The third-order valence-corrected chi connectivity index (χ3v) is 5.97. The van der Waals surface area contributed by atoms with Crippen LogP contribution in [0, 0.1) is 17.5 Å². The largest absolute Gasteiger partial charge is 0.383 e. The highest BCUT2D eigenvalue weighted by Gasteiger charge is 2.21. The molecule has 0 atom stereocenters. The Morgan fingerprint density at radius 3 is 2.61 bits per heavy atom. The van der Waals surface area contributed by atoms with Crippen molar-refractivity contribution in [2.24, 2.45) is 0 Å². The lowest BCUT2D eigenvalue weighted by Gasteiger charge is -2.09. The fourth-order valence-corrected chi connectivity index (χ4v) is 4.23. The Bertz CT molecular complexity index is 1450. The molecule has 2 aromatic carbocycles. The van der Waals surface area contributed by atoms with Crippen LogP contribution < -0.4 is 11.1 Å². The summed E-state index contributed by atoms with van der Waals surface area (Å²) in [5.74, 6) is -1.52. The number of aromatic nitrogens is 4. The zero-order chi connectivity index (χ0) is 22.9. The molecule has 0 spiro atoms. The Kier molecular flexibility index (Phi) is 5.43. The average Bonchev–Trinajstić information content (AvgIpc) is 3.43. The Hall–Kier alpha value is -3.92. The Balaban J connectivity index is 1.63.